The second-order valence-corrected chi connectivity index (χ2v) is 5.65. The number of anilines is 2. The third kappa shape index (κ3) is 4.65. The van der Waals surface area contributed by atoms with Crippen LogP contribution in [0.2, 0.25) is 0 Å². The van der Waals surface area contributed by atoms with Crippen LogP contribution in [-0.4, -0.2) is 35.5 Å². The van der Waals surface area contributed by atoms with Gasteiger partial charge in [0.25, 0.3) is 0 Å². The molecule has 0 atom stereocenters. The molecule has 0 saturated carbocycles. The van der Waals surface area contributed by atoms with E-state index in [1.807, 2.05) is 24.3 Å². The van der Waals surface area contributed by atoms with E-state index in [0.717, 1.165) is 22.1 Å². The van der Waals surface area contributed by atoms with Crippen molar-refractivity contribution in [1.29, 1.82) is 0 Å². The van der Waals surface area contributed by atoms with E-state index in [4.69, 9.17) is 5.73 Å². The van der Waals surface area contributed by atoms with Crippen LogP contribution >= 0.6 is 24.8 Å². The third-order valence-electron chi connectivity index (χ3n) is 3.88. The van der Waals surface area contributed by atoms with Crippen LogP contribution in [-0.2, 0) is 0 Å². The summed E-state index contributed by atoms with van der Waals surface area (Å²) in [4.78, 5) is 29.9. The summed E-state index contributed by atoms with van der Waals surface area (Å²) >= 11 is 0. The fourth-order valence-corrected chi connectivity index (χ4v) is 2.58. The minimum absolute atomic E-state index is 0. The molecule has 5 aromatic rings. The topological polar surface area (TPSA) is 130 Å². The number of aromatic nitrogens is 6. The highest BCUT2D eigenvalue weighted by Crippen LogP contribution is 2.20. The number of carbonyl (C=O) groups excluding carboxylic acids is 1. The van der Waals surface area contributed by atoms with E-state index in [0.29, 0.717) is 11.4 Å². The number of nitrogen functional groups attached to an aromatic ring is 1. The Balaban J connectivity index is 0.000000216. The zero-order chi connectivity index (χ0) is 18.6. The van der Waals surface area contributed by atoms with Crippen molar-refractivity contribution in [1.82, 2.24) is 29.5 Å². The molecule has 0 unspecified atom stereocenters. The monoisotopic (exact) mass is 432 g/mol. The Morgan fingerprint density at radius 3 is 2.28 bits per heavy atom. The lowest BCUT2D eigenvalue weighted by atomic mass is 10.3. The Morgan fingerprint density at radius 1 is 0.966 bits per heavy atom. The molecule has 0 saturated heterocycles. The number of amides is 1. The lowest BCUT2D eigenvalue weighted by molar-refractivity contribution is 0.253. The minimum atomic E-state index is -0.269. The fraction of sp³-hybridized carbons (Fsp3) is 0. The number of nitrogens with zero attached hydrogens (tertiary/aromatic N) is 4. The summed E-state index contributed by atoms with van der Waals surface area (Å²) in [7, 11) is 0. The molecule has 5 rings (SSSR count). The van der Waals surface area contributed by atoms with Gasteiger partial charge in [0, 0.05) is 37.2 Å². The van der Waals surface area contributed by atoms with Gasteiger partial charge in [-0.3, -0.25) is 14.5 Å². The van der Waals surface area contributed by atoms with Gasteiger partial charge in [-0.2, -0.15) is 0 Å². The van der Waals surface area contributed by atoms with E-state index in [1.54, 1.807) is 37.2 Å². The number of nitrogens with one attached hydrogen (secondary N) is 3. The summed E-state index contributed by atoms with van der Waals surface area (Å²) in [6.45, 7) is 0. The Morgan fingerprint density at radius 2 is 1.62 bits per heavy atom. The quantitative estimate of drug-likeness (QED) is 0.319. The number of fused-ring (bicyclic) bond motifs is 2. The van der Waals surface area contributed by atoms with Crippen molar-refractivity contribution in [3.8, 4) is 0 Å². The zero-order valence-corrected chi connectivity index (χ0v) is 16.6. The smallest absolute Gasteiger partial charge is 0.331 e. The van der Waals surface area contributed by atoms with Gasteiger partial charge in [0.2, 0.25) is 0 Å². The van der Waals surface area contributed by atoms with Gasteiger partial charge in [-0.05, 0) is 24.3 Å². The molecule has 0 spiro atoms. The van der Waals surface area contributed by atoms with Gasteiger partial charge in [-0.1, -0.05) is 0 Å². The number of rotatable bonds is 1. The summed E-state index contributed by atoms with van der Waals surface area (Å²) < 4.78 is 1.36. The second-order valence-electron chi connectivity index (χ2n) is 5.65. The molecule has 0 bridgehead atoms. The Bertz CT molecular complexity index is 1200. The van der Waals surface area contributed by atoms with Crippen LogP contribution in [0.15, 0.2) is 67.8 Å². The van der Waals surface area contributed by atoms with Crippen molar-refractivity contribution < 1.29 is 4.79 Å². The number of carbonyl (C=O) groups is 1. The molecule has 5 heterocycles. The first-order valence-electron chi connectivity index (χ1n) is 8.11. The first kappa shape index (κ1) is 21.7. The highest BCUT2D eigenvalue weighted by atomic mass is 35.5. The van der Waals surface area contributed by atoms with E-state index in [2.05, 4.69) is 30.2 Å². The molecule has 0 radical (unpaired) electrons. The number of H-pyrrole nitrogens is 2. The van der Waals surface area contributed by atoms with Crippen LogP contribution in [0.4, 0.5) is 16.2 Å². The van der Waals surface area contributed by atoms with Crippen LogP contribution in [0.1, 0.15) is 0 Å². The zero-order valence-electron chi connectivity index (χ0n) is 14.9. The molecule has 9 nitrogen and oxygen atoms in total. The molecule has 0 aliphatic carbocycles. The summed E-state index contributed by atoms with van der Waals surface area (Å²) in [5.41, 5.74) is 10.4. The highest BCUT2D eigenvalue weighted by Gasteiger charge is 2.09. The number of nitrogens with two attached hydrogens (primary N) is 1. The van der Waals surface area contributed by atoms with Crippen molar-refractivity contribution in [3.63, 3.8) is 0 Å². The van der Waals surface area contributed by atoms with Gasteiger partial charge in [-0.25, -0.2) is 9.78 Å². The standard InChI is InChI=1S/C11H9N5O.C7H7N3.2ClH/c17-11(16-5-4-12-7-16)15-9-6-14-8-2-1-3-13-10(8)9;8-5-4-10-6-2-1-3-9-7(5)6;;/h1-7,14H,(H,15,17);1-4,10H,8H2;2*1H. The predicted octanol–water partition coefficient (Wildman–Crippen LogP) is 3.83. The number of aromatic amines is 2. The summed E-state index contributed by atoms with van der Waals surface area (Å²) in [5, 5.41) is 2.76. The molecule has 5 aromatic heterocycles. The molecule has 150 valence electrons. The van der Waals surface area contributed by atoms with E-state index in [-0.39, 0.29) is 30.8 Å². The highest BCUT2D eigenvalue weighted by molar-refractivity contribution is 5.99. The molecule has 1 amide bonds. The van der Waals surface area contributed by atoms with Gasteiger partial charge in [0.1, 0.15) is 17.4 Å². The molecule has 0 aromatic carbocycles. The third-order valence-corrected chi connectivity index (χ3v) is 3.88. The fourth-order valence-electron chi connectivity index (χ4n) is 2.58. The van der Waals surface area contributed by atoms with Crippen LogP contribution in [0.5, 0.6) is 0 Å². The van der Waals surface area contributed by atoms with Crippen molar-refractivity contribution in [2.75, 3.05) is 11.1 Å². The average molecular weight is 433 g/mol. The summed E-state index contributed by atoms with van der Waals surface area (Å²) in [5.74, 6) is 0. The van der Waals surface area contributed by atoms with Gasteiger partial charge >= 0.3 is 6.03 Å². The maximum absolute atomic E-state index is 11.8. The van der Waals surface area contributed by atoms with E-state index >= 15 is 0 Å². The van der Waals surface area contributed by atoms with E-state index in [9.17, 15) is 4.79 Å². The van der Waals surface area contributed by atoms with Gasteiger partial charge in [-0.15, -0.1) is 24.8 Å². The maximum atomic E-state index is 11.8. The first-order valence-corrected chi connectivity index (χ1v) is 8.11. The summed E-state index contributed by atoms with van der Waals surface area (Å²) in [6.07, 6.45) is 11.4. The largest absolute Gasteiger partial charge is 0.396 e. The first-order chi connectivity index (χ1) is 13.2. The molecule has 0 aliphatic heterocycles. The second kappa shape index (κ2) is 9.58. The molecule has 5 N–H and O–H groups in total. The van der Waals surface area contributed by atoms with Crippen LogP contribution < -0.4 is 11.1 Å². The van der Waals surface area contributed by atoms with Gasteiger partial charge in [0.15, 0.2) is 0 Å². The molecular formula is C18H18Cl2N8O. The Labute approximate surface area is 177 Å². The molecule has 0 fully saturated rings. The number of hydrogen-bond donors (Lipinski definition) is 4. The SMILES string of the molecule is Cl.Cl.Nc1c[nH]c2cccnc12.O=C(Nc1c[nH]c2cccnc12)n1ccnc1. The van der Waals surface area contributed by atoms with E-state index < -0.39 is 0 Å². The molecule has 11 heteroatoms. The minimum Gasteiger partial charge on any atom is -0.396 e. The van der Waals surface area contributed by atoms with Crippen molar-refractivity contribution >= 4 is 64.3 Å². The Kier molecular flexibility index (Phi) is 7.18. The number of pyridine rings is 2. The normalized spacial score (nSPS) is 9.79. The Hall–Kier alpha value is -3.56. The van der Waals surface area contributed by atoms with Crippen LogP contribution in [0.3, 0.4) is 0 Å². The lowest BCUT2D eigenvalue weighted by Gasteiger charge is -2.02. The number of imidazole rings is 1. The van der Waals surface area contributed by atoms with Crippen molar-refractivity contribution in [2.45, 2.75) is 0 Å². The summed E-state index contributed by atoms with van der Waals surface area (Å²) in [6, 6.07) is 7.28. The average Bonchev–Trinajstić information content (AvgIpc) is 3.44. The number of halogens is 2. The molecule has 29 heavy (non-hydrogen) atoms. The van der Waals surface area contributed by atoms with Crippen molar-refractivity contribution in [2.24, 2.45) is 0 Å². The molecular weight excluding hydrogens is 415 g/mol. The predicted molar refractivity (Wildman–Crippen MR) is 118 cm³/mol. The van der Waals surface area contributed by atoms with Gasteiger partial charge < -0.3 is 21.0 Å². The van der Waals surface area contributed by atoms with Crippen molar-refractivity contribution in [3.05, 3.63) is 67.8 Å². The maximum Gasteiger partial charge on any atom is 0.331 e. The van der Waals surface area contributed by atoms with Crippen LogP contribution in [0.25, 0.3) is 22.1 Å². The van der Waals surface area contributed by atoms with E-state index in [1.165, 1.54) is 10.9 Å². The van der Waals surface area contributed by atoms with Gasteiger partial charge in [0.05, 0.1) is 22.4 Å². The molecule has 0 aliphatic rings. The van der Waals surface area contributed by atoms with Crippen LogP contribution in [0, 0.1) is 0 Å². The number of hydrogen-bond acceptors (Lipinski definition) is 5. The lowest BCUT2D eigenvalue weighted by Crippen LogP contribution is -2.17.